The Morgan fingerprint density at radius 1 is 1.15 bits per heavy atom. The summed E-state index contributed by atoms with van der Waals surface area (Å²) in [4.78, 5) is 25.0. The van der Waals surface area contributed by atoms with Crippen LogP contribution in [0.1, 0.15) is 12.0 Å². The Morgan fingerprint density at radius 2 is 1.96 bits per heavy atom. The monoisotopic (exact) mass is 384 g/mol. The molecule has 0 aliphatic rings. The molecule has 0 bridgehead atoms. The average Bonchev–Trinajstić information content (AvgIpc) is 2.66. The van der Waals surface area contributed by atoms with Gasteiger partial charge in [0.1, 0.15) is 0 Å². The molecule has 3 rings (SSSR count). The summed E-state index contributed by atoms with van der Waals surface area (Å²) in [7, 11) is 1.60. The summed E-state index contributed by atoms with van der Waals surface area (Å²) in [6.07, 6.45) is 2.66. The number of amides is 1. The van der Waals surface area contributed by atoms with Gasteiger partial charge in [0.25, 0.3) is 5.56 Å². The van der Waals surface area contributed by atoms with Gasteiger partial charge in [0.05, 0.1) is 6.61 Å². The third-order valence-electron chi connectivity index (χ3n) is 4.36. The second kappa shape index (κ2) is 8.84. The smallest absolute Gasteiger partial charge is 0.258 e. The first kappa shape index (κ1) is 19.1. The zero-order chi connectivity index (χ0) is 19.2. The lowest BCUT2D eigenvalue weighted by Crippen LogP contribution is -2.22. The molecule has 0 saturated heterocycles. The van der Waals surface area contributed by atoms with Crippen LogP contribution in [-0.4, -0.2) is 24.2 Å². The molecule has 6 heteroatoms. The Bertz CT molecular complexity index is 1010. The minimum atomic E-state index is -0.106. The molecule has 5 nitrogen and oxygen atoms in total. The van der Waals surface area contributed by atoms with Crippen LogP contribution in [0, 0.1) is 0 Å². The van der Waals surface area contributed by atoms with Gasteiger partial charge in [0.2, 0.25) is 5.91 Å². The first-order valence-electron chi connectivity index (χ1n) is 8.74. The molecule has 1 amide bonds. The number of hydrogen-bond acceptors (Lipinski definition) is 3. The maximum Gasteiger partial charge on any atom is 0.258 e. The van der Waals surface area contributed by atoms with Crippen molar-refractivity contribution in [2.45, 2.75) is 19.4 Å². The third-order valence-corrected chi connectivity index (χ3v) is 4.59. The highest BCUT2D eigenvalue weighted by molar-refractivity contribution is 6.30. The minimum Gasteiger partial charge on any atom is -0.383 e. The van der Waals surface area contributed by atoms with Crippen molar-refractivity contribution in [1.82, 2.24) is 4.57 Å². The van der Waals surface area contributed by atoms with Crippen molar-refractivity contribution in [1.29, 1.82) is 0 Å². The number of carbonyl (C=O) groups is 1. The normalized spacial score (nSPS) is 10.9. The highest BCUT2D eigenvalue weighted by Crippen LogP contribution is 2.21. The lowest BCUT2D eigenvalue weighted by molar-refractivity contribution is -0.116. The molecule has 2 aromatic carbocycles. The van der Waals surface area contributed by atoms with E-state index in [1.807, 2.05) is 24.3 Å². The van der Waals surface area contributed by atoms with Crippen molar-refractivity contribution < 1.29 is 9.53 Å². The molecule has 1 heterocycles. The topological polar surface area (TPSA) is 60.3 Å². The molecule has 140 valence electrons. The summed E-state index contributed by atoms with van der Waals surface area (Å²) in [5, 5.41) is 4.87. The Balaban J connectivity index is 1.75. The van der Waals surface area contributed by atoms with E-state index in [0.29, 0.717) is 42.1 Å². The molecule has 0 spiro atoms. The molecule has 0 fully saturated rings. The second-order valence-electron chi connectivity index (χ2n) is 6.25. The number of fused-ring (bicyclic) bond motifs is 1. The van der Waals surface area contributed by atoms with Crippen molar-refractivity contribution in [2.24, 2.45) is 0 Å². The van der Waals surface area contributed by atoms with E-state index in [-0.39, 0.29) is 11.5 Å². The molecule has 27 heavy (non-hydrogen) atoms. The number of hydrogen-bond donors (Lipinski definition) is 1. The standard InChI is InChI=1S/C21H21ClN2O3/c1-27-13-12-24-11-10-17-18(21(24)26)6-3-7-19(17)23-20(25)9-8-15-4-2-5-16(22)14-15/h2-7,10-11,14H,8-9,12-13H2,1H3,(H,23,25). The van der Waals surface area contributed by atoms with Crippen molar-refractivity contribution >= 4 is 34.0 Å². The van der Waals surface area contributed by atoms with Gasteiger partial charge in [-0.3, -0.25) is 9.59 Å². The van der Waals surface area contributed by atoms with E-state index >= 15 is 0 Å². The maximum atomic E-state index is 12.6. The van der Waals surface area contributed by atoms with E-state index in [1.165, 1.54) is 0 Å². The van der Waals surface area contributed by atoms with Crippen molar-refractivity contribution in [3.05, 3.63) is 75.7 Å². The lowest BCUT2D eigenvalue weighted by Gasteiger charge is -2.11. The van der Waals surface area contributed by atoms with Gasteiger partial charge in [-0.15, -0.1) is 0 Å². The number of nitrogens with one attached hydrogen (secondary N) is 1. The molecule has 0 atom stereocenters. The minimum absolute atomic E-state index is 0.0976. The summed E-state index contributed by atoms with van der Waals surface area (Å²) < 4.78 is 6.64. The molecule has 1 N–H and O–H groups in total. The number of aromatic nitrogens is 1. The van der Waals surface area contributed by atoms with E-state index in [9.17, 15) is 9.59 Å². The number of benzene rings is 2. The molecule has 0 aliphatic heterocycles. The number of aryl methyl sites for hydroxylation is 1. The molecule has 0 radical (unpaired) electrons. The van der Waals surface area contributed by atoms with Gasteiger partial charge in [0.15, 0.2) is 0 Å². The molecule has 0 aliphatic carbocycles. The highest BCUT2D eigenvalue weighted by atomic mass is 35.5. The van der Waals surface area contributed by atoms with Gasteiger partial charge < -0.3 is 14.6 Å². The Morgan fingerprint density at radius 3 is 2.74 bits per heavy atom. The van der Waals surface area contributed by atoms with Crippen LogP contribution in [0.15, 0.2) is 59.5 Å². The van der Waals surface area contributed by atoms with Crippen LogP contribution in [0.3, 0.4) is 0 Å². The SMILES string of the molecule is COCCn1ccc2c(NC(=O)CCc3cccc(Cl)c3)cccc2c1=O. The number of ether oxygens (including phenoxy) is 1. The van der Waals surface area contributed by atoms with Gasteiger partial charge in [-0.1, -0.05) is 29.8 Å². The predicted molar refractivity (Wildman–Crippen MR) is 108 cm³/mol. The zero-order valence-corrected chi connectivity index (χ0v) is 15.8. The quantitative estimate of drug-likeness (QED) is 0.672. The highest BCUT2D eigenvalue weighted by Gasteiger charge is 2.09. The lowest BCUT2D eigenvalue weighted by atomic mass is 10.1. The first-order chi connectivity index (χ1) is 13.1. The number of methoxy groups -OCH3 is 1. The van der Waals surface area contributed by atoms with Gasteiger partial charge in [-0.05, 0) is 42.3 Å². The van der Waals surface area contributed by atoms with Crippen LogP contribution in [0.2, 0.25) is 5.02 Å². The van der Waals surface area contributed by atoms with Gasteiger partial charge in [-0.2, -0.15) is 0 Å². The van der Waals surface area contributed by atoms with Gasteiger partial charge >= 0.3 is 0 Å². The summed E-state index contributed by atoms with van der Waals surface area (Å²) in [5.74, 6) is -0.106. The number of nitrogens with zero attached hydrogens (tertiary/aromatic N) is 1. The fraction of sp³-hybridized carbons (Fsp3) is 0.238. The van der Waals surface area contributed by atoms with E-state index in [2.05, 4.69) is 5.32 Å². The van der Waals surface area contributed by atoms with Crippen LogP contribution in [0.4, 0.5) is 5.69 Å². The fourth-order valence-corrected chi connectivity index (χ4v) is 3.17. The fourth-order valence-electron chi connectivity index (χ4n) is 2.96. The van der Waals surface area contributed by atoms with Crippen LogP contribution in [-0.2, 0) is 22.5 Å². The molecule has 0 unspecified atom stereocenters. The second-order valence-corrected chi connectivity index (χ2v) is 6.69. The predicted octanol–water partition coefficient (Wildman–Crippen LogP) is 3.87. The average molecular weight is 385 g/mol. The Labute approximate surface area is 162 Å². The Hall–Kier alpha value is -2.63. The van der Waals surface area contributed by atoms with E-state index in [0.717, 1.165) is 10.9 Å². The molecule has 1 aromatic heterocycles. The van der Waals surface area contributed by atoms with E-state index in [1.54, 1.807) is 42.1 Å². The summed E-state index contributed by atoms with van der Waals surface area (Å²) in [5.41, 5.74) is 1.55. The maximum absolute atomic E-state index is 12.6. The van der Waals surface area contributed by atoms with E-state index in [4.69, 9.17) is 16.3 Å². The Kier molecular flexibility index (Phi) is 6.27. The van der Waals surface area contributed by atoms with Gasteiger partial charge in [-0.25, -0.2) is 0 Å². The first-order valence-corrected chi connectivity index (χ1v) is 9.11. The van der Waals surface area contributed by atoms with E-state index < -0.39 is 0 Å². The molecular formula is C21H21ClN2O3. The number of halogens is 1. The molecule has 0 saturated carbocycles. The van der Waals surface area contributed by atoms with Crippen molar-refractivity contribution in [3.8, 4) is 0 Å². The van der Waals surface area contributed by atoms with Crippen LogP contribution < -0.4 is 10.9 Å². The van der Waals surface area contributed by atoms with Crippen molar-refractivity contribution in [2.75, 3.05) is 19.0 Å². The van der Waals surface area contributed by atoms with Crippen LogP contribution in [0.5, 0.6) is 0 Å². The summed E-state index contributed by atoms with van der Waals surface area (Å²) >= 11 is 5.97. The van der Waals surface area contributed by atoms with Gasteiger partial charge in [0, 0.05) is 47.8 Å². The number of carbonyl (C=O) groups excluding carboxylic acids is 1. The number of pyridine rings is 1. The van der Waals surface area contributed by atoms with Crippen LogP contribution >= 0.6 is 11.6 Å². The zero-order valence-electron chi connectivity index (χ0n) is 15.1. The summed E-state index contributed by atoms with van der Waals surface area (Å²) in [6.45, 7) is 0.951. The molecular weight excluding hydrogens is 364 g/mol. The number of rotatable bonds is 7. The largest absolute Gasteiger partial charge is 0.383 e. The third kappa shape index (κ3) is 4.76. The summed E-state index contributed by atoms with van der Waals surface area (Å²) in [6, 6.07) is 14.7. The van der Waals surface area contributed by atoms with Crippen molar-refractivity contribution in [3.63, 3.8) is 0 Å². The number of anilines is 1. The molecule has 3 aromatic rings. The van der Waals surface area contributed by atoms with Crippen LogP contribution in [0.25, 0.3) is 10.8 Å².